The van der Waals surface area contributed by atoms with Gasteiger partial charge in [0.1, 0.15) is 16.4 Å². The molecule has 0 amide bonds. The summed E-state index contributed by atoms with van der Waals surface area (Å²) in [6.07, 6.45) is 0.345. The van der Waals surface area contributed by atoms with Crippen LogP contribution in [0.15, 0.2) is 23.1 Å². The fraction of sp³-hybridized carbons (Fsp3) is 0.500. The van der Waals surface area contributed by atoms with Crippen molar-refractivity contribution < 1.29 is 23.0 Å². The fourth-order valence-electron chi connectivity index (χ4n) is 1.58. The zero-order valence-electron chi connectivity index (χ0n) is 11.2. The van der Waals surface area contributed by atoms with E-state index in [1.54, 1.807) is 13.0 Å². The van der Waals surface area contributed by atoms with Crippen molar-refractivity contribution in [3.05, 3.63) is 18.2 Å². The van der Waals surface area contributed by atoms with Gasteiger partial charge in [0, 0.05) is 18.7 Å². The summed E-state index contributed by atoms with van der Waals surface area (Å²) < 4.78 is 36.9. The molecule has 1 aromatic rings. The number of sulfonamides is 1. The Hall–Kier alpha value is -1.31. The monoisotopic (exact) mass is 289 g/mol. The maximum Gasteiger partial charge on any atom is 0.244 e. The summed E-state index contributed by atoms with van der Waals surface area (Å²) in [6.45, 7) is 1.60. The van der Waals surface area contributed by atoms with Crippen molar-refractivity contribution >= 4 is 10.0 Å². The SMILES string of the molecule is COc1ccc(S(=O)(=O)NC(C)CCO)c(OC)c1. The number of nitrogens with one attached hydrogen (secondary N) is 1. The third-order valence-corrected chi connectivity index (χ3v) is 4.21. The average molecular weight is 289 g/mol. The summed E-state index contributed by atoms with van der Waals surface area (Å²) in [5, 5.41) is 8.80. The second kappa shape index (κ2) is 6.74. The number of methoxy groups -OCH3 is 2. The molecule has 0 saturated carbocycles. The highest BCUT2D eigenvalue weighted by molar-refractivity contribution is 7.89. The molecule has 7 heteroatoms. The molecule has 108 valence electrons. The molecule has 1 aromatic carbocycles. The van der Waals surface area contributed by atoms with E-state index in [0.717, 1.165) is 0 Å². The average Bonchev–Trinajstić information content (AvgIpc) is 2.37. The Kier molecular flexibility index (Phi) is 5.59. The van der Waals surface area contributed by atoms with E-state index >= 15 is 0 Å². The lowest BCUT2D eigenvalue weighted by atomic mass is 10.3. The summed E-state index contributed by atoms with van der Waals surface area (Å²) in [5.41, 5.74) is 0. The number of aliphatic hydroxyl groups is 1. The van der Waals surface area contributed by atoms with Gasteiger partial charge in [-0.3, -0.25) is 0 Å². The first-order chi connectivity index (χ1) is 8.94. The molecule has 0 aliphatic rings. The van der Waals surface area contributed by atoms with Crippen molar-refractivity contribution in [2.24, 2.45) is 0 Å². The Morgan fingerprint density at radius 3 is 2.53 bits per heavy atom. The number of hydrogen-bond donors (Lipinski definition) is 2. The molecule has 0 aliphatic carbocycles. The standard InChI is InChI=1S/C12H19NO5S/c1-9(6-7-14)13-19(15,16)12-5-4-10(17-2)8-11(12)18-3/h4-5,8-9,13-14H,6-7H2,1-3H3. The van der Waals surface area contributed by atoms with Gasteiger partial charge < -0.3 is 14.6 Å². The zero-order chi connectivity index (χ0) is 14.5. The Morgan fingerprint density at radius 1 is 1.32 bits per heavy atom. The van der Waals surface area contributed by atoms with Gasteiger partial charge >= 0.3 is 0 Å². The van der Waals surface area contributed by atoms with Crippen LogP contribution in [0.1, 0.15) is 13.3 Å². The maximum absolute atomic E-state index is 12.2. The Balaban J connectivity index is 3.07. The first kappa shape index (κ1) is 15.7. The second-order valence-corrected chi connectivity index (χ2v) is 5.73. The second-order valence-electron chi connectivity index (χ2n) is 4.05. The molecule has 1 atom stereocenters. The molecule has 0 aliphatic heterocycles. The molecule has 1 rings (SSSR count). The molecular weight excluding hydrogens is 270 g/mol. The Labute approximate surface area is 113 Å². The third-order valence-electron chi connectivity index (χ3n) is 2.58. The van der Waals surface area contributed by atoms with E-state index in [0.29, 0.717) is 12.2 Å². The van der Waals surface area contributed by atoms with Crippen molar-refractivity contribution in [1.29, 1.82) is 0 Å². The zero-order valence-corrected chi connectivity index (χ0v) is 12.0. The first-order valence-electron chi connectivity index (χ1n) is 5.79. The minimum Gasteiger partial charge on any atom is -0.497 e. The summed E-state index contributed by atoms with van der Waals surface area (Å²) >= 11 is 0. The van der Waals surface area contributed by atoms with Gasteiger partial charge in [0.15, 0.2) is 0 Å². The van der Waals surface area contributed by atoms with E-state index < -0.39 is 10.0 Å². The molecule has 19 heavy (non-hydrogen) atoms. The smallest absolute Gasteiger partial charge is 0.244 e. The Bertz CT molecular complexity index is 515. The lowest BCUT2D eigenvalue weighted by Gasteiger charge is -2.15. The van der Waals surface area contributed by atoms with Crippen LogP contribution in [0.25, 0.3) is 0 Å². The van der Waals surface area contributed by atoms with E-state index in [4.69, 9.17) is 14.6 Å². The van der Waals surface area contributed by atoms with Crippen LogP contribution in [-0.2, 0) is 10.0 Å². The van der Waals surface area contributed by atoms with Crippen LogP contribution in [0, 0.1) is 0 Å². The van der Waals surface area contributed by atoms with Crippen LogP contribution in [0.3, 0.4) is 0 Å². The van der Waals surface area contributed by atoms with E-state index in [-0.39, 0.29) is 23.3 Å². The van der Waals surface area contributed by atoms with E-state index in [1.165, 1.54) is 26.4 Å². The van der Waals surface area contributed by atoms with Gasteiger partial charge in [0.05, 0.1) is 14.2 Å². The highest BCUT2D eigenvalue weighted by Gasteiger charge is 2.21. The van der Waals surface area contributed by atoms with Crippen molar-refractivity contribution in [3.63, 3.8) is 0 Å². The summed E-state index contributed by atoms with van der Waals surface area (Å²) in [4.78, 5) is 0.0422. The molecule has 1 unspecified atom stereocenters. The van der Waals surface area contributed by atoms with Crippen LogP contribution in [0.4, 0.5) is 0 Å². The topological polar surface area (TPSA) is 84.9 Å². The molecule has 0 saturated heterocycles. The lowest BCUT2D eigenvalue weighted by molar-refractivity contribution is 0.275. The van der Waals surface area contributed by atoms with Crippen LogP contribution in [-0.4, -0.2) is 40.4 Å². The van der Waals surface area contributed by atoms with Gasteiger partial charge in [-0.05, 0) is 25.5 Å². The fourth-order valence-corrected chi connectivity index (χ4v) is 3.01. The van der Waals surface area contributed by atoms with Gasteiger partial charge in [0.2, 0.25) is 10.0 Å². The predicted octanol–water partition coefficient (Wildman–Crippen LogP) is 0.753. The predicted molar refractivity (Wildman–Crippen MR) is 71.0 cm³/mol. The molecule has 0 fully saturated rings. The minimum absolute atomic E-state index is 0.0422. The lowest BCUT2D eigenvalue weighted by Crippen LogP contribution is -2.33. The van der Waals surface area contributed by atoms with E-state index in [9.17, 15) is 8.42 Å². The van der Waals surface area contributed by atoms with Gasteiger partial charge in [-0.2, -0.15) is 0 Å². The maximum atomic E-state index is 12.2. The van der Waals surface area contributed by atoms with E-state index in [2.05, 4.69) is 4.72 Å². The molecular formula is C12H19NO5S. The van der Waals surface area contributed by atoms with Gasteiger partial charge in [-0.25, -0.2) is 13.1 Å². The van der Waals surface area contributed by atoms with Gasteiger partial charge in [0.25, 0.3) is 0 Å². The first-order valence-corrected chi connectivity index (χ1v) is 7.28. The largest absolute Gasteiger partial charge is 0.497 e. The minimum atomic E-state index is -3.69. The van der Waals surface area contributed by atoms with Crippen molar-refractivity contribution in [2.75, 3.05) is 20.8 Å². The normalized spacial score (nSPS) is 13.1. The molecule has 0 spiro atoms. The number of benzene rings is 1. The third kappa shape index (κ3) is 4.09. The van der Waals surface area contributed by atoms with Crippen molar-refractivity contribution in [1.82, 2.24) is 4.72 Å². The summed E-state index contributed by atoms with van der Waals surface area (Å²) in [5.74, 6) is 0.724. The van der Waals surface area contributed by atoms with Crippen molar-refractivity contribution in [2.45, 2.75) is 24.3 Å². The number of hydrogen-bond acceptors (Lipinski definition) is 5. The van der Waals surface area contributed by atoms with Gasteiger partial charge in [-0.15, -0.1) is 0 Å². The number of rotatable bonds is 7. The highest BCUT2D eigenvalue weighted by atomic mass is 32.2. The quantitative estimate of drug-likeness (QED) is 0.774. The van der Waals surface area contributed by atoms with Crippen molar-refractivity contribution in [3.8, 4) is 11.5 Å². The molecule has 6 nitrogen and oxygen atoms in total. The molecule has 2 N–H and O–H groups in total. The summed E-state index contributed by atoms with van der Waals surface area (Å²) in [7, 11) is -0.807. The Morgan fingerprint density at radius 2 is 2.00 bits per heavy atom. The van der Waals surface area contributed by atoms with Crippen LogP contribution >= 0.6 is 0 Å². The molecule has 0 radical (unpaired) electrons. The van der Waals surface area contributed by atoms with Crippen LogP contribution in [0.5, 0.6) is 11.5 Å². The van der Waals surface area contributed by atoms with Gasteiger partial charge in [-0.1, -0.05) is 0 Å². The van der Waals surface area contributed by atoms with Crippen LogP contribution < -0.4 is 14.2 Å². The molecule has 0 aromatic heterocycles. The van der Waals surface area contributed by atoms with E-state index in [1.807, 2.05) is 0 Å². The highest BCUT2D eigenvalue weighted by Crippen LogP contribution is 2.28. The number of ether oxygens (including phenoxy) is 2. The summed E-state index contributed by atoms with van der Waals surface area (Å²) in [6, 6.07) is 4.12. The number of aliphatic hydroxyl groups excluding tert-OH is 1. The molecule has 0 heterocycles. The van der Waals surface area contributed by atoms with Crippen LogP contribution in [0.2, 0.25) is 0 Å². The molecule has 0 bridgehead atoms.